The fourth-order valence-corrected chi connectivity index (χ4v) is 1.57. The highest BCUT2D eigenvalue weighted by molar-refractivity contribution is 6.09. The Hall–Kier alpha value is -2.16. The minimum atomic E-state index is -0.514. The second-order valence-electron chi connectivity index (χ2n) is 3.54. The molecule has 0 bridgehead atoms. The molecule has 0 radical (unpaired) electrons. The van der Waals surface area contributed by atoms with Crippen LogP contribution in [0.25, 0.3) is 0 Å². The molecule has 0 atom stereocenters. The molecule has 0 saturated carbocycles. The van der Waals surface area contributed by atoms with Gasteiger partial charge in [0.05, 0.1) is 12.7 Å². The lowest BCUT2D eigenvalue weighted by Gasteiger charge is -2.04. The molecule has 0 heterocycles. The predicted octanol–water partition coefficient (Wildman–Crippen LogP) is 3.07. The molecule has 0 amide bonds. The van der Waals surface area contributed by atoms with Crippen molar-refractivity contribution in [2.45, 2.75) is 0 Å². The molecule has 0 unspecified atom stereocenters. The number of rotatable bonds is 3. The highest BCUT2D eigenvalue weighted by Gasteiger charge is 2.13. The van der Waals surface area contributed by atoms with E-state index in [0.29, 0.717) is 11.3 Å². The zero-order valence-electron chi connectivity index (χ0n) is 9.31. The quantitative estimate of drug-likeness (QED) is 0.757. The summed E-state index contributed by atoms with van der Waals surface area (Å²) in [6.45, 7) is 0. The molecule has 2 rings (SSSR count). The number of benzene rings is 2. The minimum absolute atomic E-state index is 0.0701. The molecule has 17 heavy (non-hydrogen) atoms. The average molecular weight is 230 g/mol. The van der Waals surface area contributed by atoms with Crippen molar-refractivity contribution in [3.05, 3.63) is 65.5 Å². The fourth-order valence-electron chi connectivity index (χ4n) is 1.57. The van der Waals surface area contributed by atoms with Crippen molar-refractivity contribution in [3.8, 4) is 5.75 Å². The second kappa shape index (κ2) is 4.78. The van der Waals surface area contributed by atoms with Crippen LogP contribution in [0.1, 0.15) is 15.9 Å². The summed E-state index contributed by atoms with van der Waals surface area (Å²) in [7, 11) is 1.52. The van der Waals surface area contributed by atoms with Gasteiger partial charge in [-0.1, -0.05) is 24.3 Å². The van der Waals surface area contributed by atoms with Crippen LogP contribution in [-0.2, 0) is 0 Å². The van der Waals surface area contributed by atoms with Crippen LogP contribution in [0.15, 0.2) is 48.5 Å². The largest absolute Gasteiger partial charge is 0.497 e. The molecule has 2 nitrogen and oxygen atoms in total. The van der Waals surface area contributed by atoms with Gasteiger partial charge in [-0.3, -0.25) is 4.79 Å². The summed E-state index contributed by atoms with van der Waals surface area (Å²) in [6, 6.07) is 12.6. The van der Waals surface area contributed by atoms with Gasteiger partial charge >= 0.3 is 0 Å². The molecule has 2 aromatic rings. The van der Waals surface area contributed by atoms with Crippen molar-refractivity contribution < 1.29 is 13.9 Å². The van der Waals surface area contributed by atoms with Crippen LogP contribution in [0, 0.1) is 5.82 Å². The summed E-state index contributed by atoms with van der Waals surface area (Å²) in [5.74, 6) is -0.283. The Morgan fingerprint density at radius 3 is 2.59 bits per heavy atom. The van der Waals surface area contributed by atoms with E-state index in [1.165, 1.54) is 19.2 Å². The number of carbonyl (C=O) groups is 1. The summed E-state index contributed by atoms with van der Waals surface area (Å²) < 4.78 is 18.5. The van der Waals surface area contributed by atoms with Crippen molar-refractivity contribution in [3.63, 3.8) is 0 Å². The molecule has 0 aliphatic carbocycles. The molecule has 0 aliphatic rings. The normalized spacial score (nSPS) is 10.0. The lowest BCUT2D eigenvalue weighted by molar-refractivity contribution is 0.103. The first-order valence-electron chi connectivity index (χ1n) is 5.15. The van der Waals surface area contributed by atoms with Crippen molar-refractivity contribution in [2.75, 3.05) is 7.11 Å². The van der Waals surface area contributed by atoms with Gasteiger partial charge in [0, 0.05) is 5.56 Å². The van der Waals surface area contributed by atoms with E-state index in [9.17, 15) is 9.18 Å². The Bertz CT molecular complexity index is 549. The molecule has 0 saturated heterocycles. The first kappa shape index (κ1) is 11.3. The van der Waals surface area contributed by atoms with Crippen molar-refractivity contribution in [2.24, 2.45) is 0 Å². The Kier molecular flexibility index (Phi) is 3.19. The van der Waals surface area contributed by atoms with E-state index in [4.69, 9.17) is 4.74 Å². The first-order valence-corrected chi connectivity index (χ1v) is 5.15. The van der Waals surface area contributed by atoms with Gasteiger partial charge in [-0.25, -0.2) is 4.39 Å². The van der Waals surface area contributed by atoms with Crippen LogP contribution in [-0.4, -0.2) is 12.9 Å². The van der Waals surface area contributed by atoms with Gasteiger partial charge in [0.15, 0.2) is 5.78 Å². The number of methoxy groups -OCH3 is 1. The summed E-state index contributed by atoms with van der Waals surface area (Å²) in [4.78, 5) is 12.0. The van der Waals surface area contributed by atoms with Crippen LogP contribution in [0.5, 0.6) is 5.75 Å². The van der Waals surface area contributed by atoms with Crippen LogP contribution < -0.4 is 4.74 Å². The molecule has 0 aliphatic heterocycles. The number of hydrogen-bond donors (Lipinski definition) is 0. The first-order chi connectivity index (χ1) is 8.22. The van der Waals surface area contributed by atoms with Gasteiger partial charge in [0.25, 0.3) is 0 Å². The van der Waals surface area contributed by atoms with E-state index in [0.717, 1.165) is 0 Å². The van der Waals surface area contributed by atoms with Crippen LogP contribution in [0.3, 0.4) is 0 Å². The minimum Gasteiger partial charge on any atom is -0.497 e. The standard InChI is InChI=1S/C14H11FO2/c1-17-11-6-4-5-10(9-11)14(16)12-7-2-3-8-13(12)15/h2-9H,1H3. The average Bonchev–Trinajstić information content (AvgIpc) is 2.38. The maximum Gasteiger partial charge on any atom is 0.196 e. The Labute approximate surface area is 98.7 Å². The van der Waals surface area contributed by atoms with Crippen LogP contribution in [0.2, 0.25) is 0 Å². The Balaban J connectivity index is 2.40. The summed E-state index contributed by atoms with van der Waals surface area (Å²) in [5.41, 5.74) is 0.482. The maximum absolute atomic E-state index is 13.5. The summed E-state index contributed by atoms with van der Waals surface area (Å²) in [5, 5.41) is 0. The predicted molar refractivity (Wildman–Crippen MR) is 62.8 cm³/mol. The molecule has 2 aromatic carbocycles. The van der Waals surface area contributed by atoms with Crippen molar-refractivity contribution in [1.29, 1.82) is 0 Å². The van der Waals surface area contributed by atoms with Gasteiger partial charge in [-0.2, -0.15) is 0 Å². The zero-order valence-corrected chi connectivity index (χ0v) is 9.31. The maximum atomic E-state index is 13.5. The molecule has 0 spiro atoms. The van der Waals surface area contributed by atoms with Gasteiger partial charge in [0.1, 0.15) is 11.6 Å². The van der Waals surface area contributed by atoms with E-state index in [1.807, 2.05) is 0 Å². The topological polar surface area (TPSA) is 26.3 Å². The van der Waals surface area contributed by atoms with Crippen molar-refractivity contribution >= 4 is 5.78 Å². The summed E-state index contributed by atoms with van der Waals surface area (Å²) in [6.07, 6.45) is 0. The Morgan fingerprint density at radius 1 is 1.12 bits per heavy atom. The number of ketones is 1. The van der Waals surface area contributed by atoms with E-state index in [-0.39, 0.29) is 11.3 Å². The third-order valence-electron chi connectivity index (χ3n) is 2.45. The van der Waals surface area contributed by atoms with E-state index in [1.54, 1.807) is 36.4 Å². The zero-order chi connectivity index (χ0) is 12.3. The Morgan fingerprint density at radius 2 is 1.88 bits per heavy atom. The van der Waals surface area contributed by atoms with Crippen LogP contribution >= 0.6 is 0 Å². The van der Waals surface area contributed by atoms with Crippen LogP contribution in [0.4, 0.5) is 4.39 Å². The lowest BCUT2D eigenvalue weighted by atomic mass is 10.0. The third-order valence-corrected chi connectivity index (χ3v) is 2.45. The van der Waals surface area contributed by atoms with E-state index in [2.05, 4.69) is 0 Å². The molecule has 0 aromatic heterocycles. The molecule has 86 valence electrons. The number of ether oxygens (including phenoxy) is 1. The third kappa shape index (κ3) is 2.33. The number of carbonyl (C=O) groups excluding carboxylic acids is 1. The van der Waals surface area contributed by atoms with Crippen molar-refractivity contribution in [1.82, 2.24) is 0 Å². The fraction of sp³-hybridized carbons (Fsp3) is 0.0714. The lowest BCUT2D eigenvalue weighted by Crippen LogP contribution is -2.04. The molecular formula is C14H11FO2. The van der Waals surface area contributed by atoms with Gasteiger partial charge < -0.3 is 4.74 Å². The van der Waals surface area contributed by atoms with E-state index >= 15 is 0 Å². The number of hydrogen-bond acceptors (Lipinski definition) is 2. The summed E-state index contributed by atoms with van der Waals surface area (Å²) >= 11 is 0. The molecule has 0 N–H and O–H groups in total. The highest BCUT2D eigenvalue weighted by atomic mass is 19.1. The second-order valence-corrected chi connectivity index (χ2v) is 3.54. The monoisotopic (exact) mass is 230 g/mol. The van der Waals surface area contributed by atoms with E-state index < -0.39 is 5.82 Å². The molecular weight excluding hydrogens is 219 g/mol. The SMILES string of the molecule is COc1cccc(C(=O)c2ccccc2F)c1. The van der Waals surface area contributed by atoms with Gasteiger partial charge in [-0.15, -0.1) is 0 Å². The smallest absolute Gasteiger partial charge is 0.196 e. The van der Waals surface area contributed by atoms with Gasteiger partial charge in [-0.05, 0) is 24.3 Å². The molecule has 3 heteroatoms. The highest BCUT2D eigenvalue weighted by Crippen LogP contribution is 2.17. The number of halogens is 1. The van der Waals surface area contributed by atoms with Gasteiger partial charge in [0.2, 0.25) is 0 Å². The molecule has 0 fully saturated rings.